The molecule has 0 atom stereocenters. The van der Waals surface area contributed by atoms with Crippen molar-refractivity contribution < 1.29 is 4.79 Å². The smallest absolute Gasteiger partial charge is 0.183 e. The standard InChI is InChI=1S/C26H20N8O/c1-15-8-16(13-28-33-15)9-24(35)23-11-17-2-3-18(12-22(17)31-23)26-27-7-6-25(32-26)30-20-4-5-21-19(10-20)14-29-34-21/h2-8,10-14,31H,9H2,1H3,(H,29,34)(H,27,30,32). The van der Waals surface area contributed by atoms with Gasteiger partial charge in [0.05, 0.1) is 29.3 Å². The highest BCUT2D eigenvalue weighted by molar-refractivity contribution is 6.01. The highest BCUT2D eigenvalue weighted by Crippen LogP contribution is 2.25. The second-order valence-electron chi connectivity index (χ2n) is 8.35. The Labute approximate surface area is 199 Å². The molecule has 6 rings (SSSR count). The zero-order valence-corrected chi connectivity index (χ0v) is 18.8. The fraction of sp³-hybridized carbons (Fsp3) is 0.0769. The highest BCUT2D eigenvalue weighted by Gasteiger charge is 2.13. The predicted octanol–water partition coefficient (Wildman–Crippen LogP) is 4.77. The molecule has 0 amide bonds. The molecule has 6 aromatic rings. The SMILES string of the molecule is Cc1cc(CC(=O)c2cc3ccc(-c4nccc(Nc5ccc6[nH]ncc6c5)n4)cc3[nH]2)cnn1. The zero-order chi connectivity index (χ0) is 23.8. The van der Waals surface area contributed by atoms with Gasteiger partial charge in [0.1, 0.15) is 5.82 Å². The maximum absolute atomic E-state index is 12.8. The summed E-state index contributed by atoms with van der Waals surface area (Å²) >= 11 is 0. The Hall–Kier alpha value is -4.92. The first kappa shape index (κ1) is 20.7. The van der Waals surface area contributed by atoms with Crippen LogP contribution >= 0.6 is 0 Å². The summed E-state index contributed by atoms with van der Waals surface area (Å²) in [5, 5.41) is 20.2. The summed E-state index contributed by atoms with van der Waals surface area (Å²) in [5.74, 6) is 1.26. The van der Waals surface area contributed by atoms with Gasteiger partial charge < -0.3 is 10.3 Å². The van der Waals surface area contributed by atoms with Gasteiger partial charge in [-0.25, -0.2) is 9.97 Å². The van der Waals surface area contributed by atoms with E-state index in [1.807, 2.05) is 61.5 Å². The van der Waals surface area contributed by atoms with Crippen molar-refractivity contribution in [3.05, 3.63) is 90.1 Å². The third-order valence-corrected chi connectivity index (χ3v) is 5.75. The van der Waals surface area contributed by atoms with Crippen molar-refractivity contribution in [3.8, 4) is 11.4 Å². The molecule has 170 valence electrons. The van der Waals surface area contributed by atoms with E-state index < -0.39 is 0 Å². The van der Waals surface area contributed by atoms with Gasteiger partial charge in [0.25, 0.3) is 0 Å². The van der Waals surface area contributed by atoms with Gasteiger partial charge >= 0.3 is 0 Å². The summed E-state index contributed by atoms with van der Waals surface area (Å²) in [4.78, 5) is 25.2. The molecule has 0 unspecified atom stereocenters. The summed E-state index contributed by atoms with van der Waals surface area (Å²) in [6.07, 6.45) is 5.39. The minimum Gasteiger partial charge on any atom is -0.352 e. The average Bonchev–Trinajstić information content (AvgIpc) is 3.50. The number of H-pyrrole nitrogens is 2. The van der Waals surface area contributed by atoms with Crippen LogP contribution in [0.1, 0.15) is 21.7 Å². The van der Waals surface area contributed by atoms with E-state index in [2.05, 4.69) is 40.7 Å². The van der Waals surface area contributed by atoms with E-state index in [1.54, 1.807) is 18.6 Å². The van der Waals surface area contributed by atoms with Crippen molar-refractivity contribution >= 4 is 39.1 Å². The molecule has 0 fully saturated rings. The molecule has 0 aliphatic rings. The number of fused-ring (bicyclic) bond motifs is 2. The number of ketones is 1. The van der Waals surface area contributed by atoms with Crippen LogP contribution < -0.4 is 5.32 Å². The minimum absolute atomic E-state index is 0.00723. The van der Waals surface area contributed by atoms with E-state index >= 15 is 0 Å². The van der Waals surface area contributed by atoms with Crippen molar-refractivity contribution in [3.63, 3.8) is 0 Å². The van der Waals surface area contributed by atoms with Gasteiger partial charge in [-0.3, -0.25) is 9.89 Å². The average molecular weight is 461 g/mol. The lowest BCUT2D eigenvalue weighted by Crippen LogP contribution is -2.05. The van der Waals surface area contributed by atoms with Crippen molar-refractivity contribution in [2.45, 2.75) is 13.3 Å². The van der Waals surface area contributed by atoms with Crippen molar-refractivity contribution in [1.82, 2.24) is 35.3 Å². The molecule has 3 N–H and O–H groups in total. The maximum atomic E-state index is 12.8. The number of hydrogen-bond acceptors (Lipinski definition) is 7. The molecular formula is C26H20N8O. The summed E-state index contributed by atoms with van der Waals surface area (Å²) in [7, 11) is 0. The maximum Gasteiger partial charge on any atom is 0.183 e. The first-order valence-corrected chi connectivity index (χ1v) is 11.1. The number of aromatic amines is 2. The molecular weight excluding hydrogens is 440 g/mol. The number of carbonyl (C=O) groups excluding carboxylic acids is 1. The number of aromatic nitrogens is 7. The molecule has 0 aliphatic carbocycles. The lowest BCUT2D eigenvalue weighted by Gasteiger charge is -2.07. The van der Waals surface area contributed by atoms with Crippen LogP contribution in [-0.2, 0) is 6.42 Å². The second kappa shape index (κ2) is 8.45. The van der Waals surface area contributed by atoms with Crippen LogP contribution in [0, 0.1) is 6.92 Å². The number of hydrogen-bond donors (Lipinski definition) is 3. The van der Waals surface area contributed by atoms with Gasteiger partial charge in [-0.1, -0.05) is 12.1 Å². The molecule has 0 spiro atoms. The number of benzene rings is 2. The van der Waals surface area contributed by atoms with Gasteiger partial charge in [0, 0.05) is 40.2 Å². The molecule has 4 heterocycles. The zero-order valence-electron chi connectivity index (χ0n) is 18.8. The monoisotopic (exact) mass is 460 g/mol. The first-order valence-electron chi connectivity index (χ1n) is 11.1. The van der Waals surface area contributed by atoms with Gasteiger partial charge in [0.15, 0.2) is 11.6 Å². The normalized spacial score (nSPS) is 11.2. The Morgan fingerprint density at radius 2 is 1.91 bits per heavy atom. The molecule has 2 aromatic carbocycles. The molecule has 0 aliphatic heterocycles. The van der Waals surface area contributed by atoms with Crippen LogP contribution in [0.4, 0.5) is 11.5 Å². The quantitative estimate of drug-likeness (QED) is 0.306. The Morgan fingerprint density at radius 1 is 0.971 bits per heavy atom. The number of aryl methyl sites for hydroxylation is 1. The topological polar surface area (TPSA) is 125 Å². The van der Waals surface area contributed by atoms with Crippen LogP contribution in [0.5, 0.6) is 0 Å². The number of rotatable bonds is 6. The van der Waals surface area contributed by atoms with Crippen molar-refractivity contribution in [2.24, 2.45) is 0 Å². The largest absolute Gasteiger partial charge is 0.352 e. The molecule has 9 nitrogen and oxygen atoms in total. The van der Waals surface area contributed by atoms with E-state index in [0.29, 0.717) is 17.3 Å². The molecule has 35 heavy (non-hydrogen) atoms. The van der Waals surface area contributed by atoms with Gasteiger partial charge in [-0.15, -0.1) is 0 Å². The number of nitrogens with one attached hydrogen (secondary N) is 3. The van der Waals surface area contributed by atoms with Crippen molar-refractivity contribution in [2.75, 3.05) is 5.32 Å². The summed E-state index contributed by atoms with van der Waals surface area (Å²) < 4.78 is 0. The molecule has 0 saturated carbocycles. The summed E-state index contributed by atoms with van der Waals surface area (Å²) in [6, 6.07) is 17.4. The molecule has 0 bridgehead atoms. The van der Waals surface area contributed by atoms with Gasteiger partial charge in [0.2, 0.25) is 0 Å². The van der Waals surface area contributed by atoms with Crippen LogP contribution in [-0.4, -0.2) is 41.1 Å². The Bertz CT molecular complexity index is 1700. The summed E-state index contributed by atoms with van der Waals surface area (Å²) in [6.45, 7) is 1.86. The van der Waals surface area contributed by atoms with Gasteiger partial charge in [-0.2, -0.15) is 15.3 Å². The predicted molar refractivity (Wildman–Crippen MR) is 134 cm³/mol. The third kappa shape index (κ3) is 4.22. The van der Waals surface area contributed by atoms with E-state index in [4.69, 9.17) is 0 Å². The fourth-order valence-electron chi connectivity index (χ4n) is 4.06. The van der Waals surface area contributed by atoms with Crippen LogP contribution in [0.25, 0.3) is 33.2 Å². The Kier molecular flexibility index (Phi) is 4.99. The minimum atomic E-state index is -0.00723. The fourth-order valence-corrected chi connectivity index (χ4v) is 4.06. The van der Waals surface area contributed by atoms with E-state index in [-0.39, 0.29) is 12.2 Å². The summed E-state index contributed by atoms with van der Waals surface area (Å²) in [5.41, 5.74) is 5.76. The van der Waals surface area contributed by atoms with Crippen molar-refractivity contribution in [1.29, 1.82) is 0 Å². The number of anilines is 2. The van der Waals surface area contributed by atoms with Gasteiger partial charge in [-0.05, 0) is 55.0 Å². The number of carbonyl (C=O) groups is 1. The third-order valence-electron chi connectivity index (χ3n) is 5.75. The molecule has 0 saturated heterocycles. The van der Waals surface area contributed by atoms with E-state index in [9.17, 15) is 4.79 Å². The van der Waals surface area contributed by atoms with Crippen LogP contribution in [0.3, 0.4) is 0 Å². The highest BCUT2D eigenvalue weighted by atomic mass is 16.1. The molecule has 9 heteroatoms. The first-order chi connectivity index (χ1) is 17.1. The van der Waals surface area contributed by atoms with Crippen LogP contribution in [0.15, 0.2) is 73.2 Å². The van der Waals surface area contributed by atoms with E-state index in [1.165, 1.54) is 0 Å². The second-order valence-corrected chi connectivity index (χ2v) is 8.35. The lowest BCUT2D eigenvalue weighted by atomic mass is 10.1. The molecule has 4 aromatic heterocycles. The number of nitrogens with zero attached hydrogens (tertiary/aromatic N) is 5. The lowest BCUT2D eigenvalue weighted by molar-refractivity contribution is 0.0989. The van der Waals surface area contributed by atoms with Crippen LogP contribution in [0.2, 0.25) is 0 Å². The molecule has 0 radical (unpaired) electrons. The Balaban J connectivity index is 1.25. The van der Waals surface area contributed by atoms with E-state index in [0.717, 1.165) is 44.3 Å². The Morgan fingerprint density at radius 3 is 2.83 bits per heavy atom. The number of Topliss-reactive ketones (excluding diaryl/α,β-unsaturated/α-hetero) is 1.